The summed E-state index contributed by atoms with van der Waals surface area (Å²) in [6.45, 7) is 1.21. The molecule has 26 heavy (non-hydrogen) atoms. The zero-order valence-corrected chi connectivity index (χ0v) is 14.8. The summed E-state index contributed by atoms with van der Waals surface area (Å²) < 4.78 is 12.1. The average molecular weight is 374 g/mol. The van der Waals surface area contributed by atoms with Crippen LogP contribution in [0.25, 0.3) is 11.3 Å². The normalized spacial score (nSPS) is 13.5. The standard InChI is InChI=1S/C17H16ClN5O3/c1-25-15-3-2-10(6-12(15)18)14-7-23(22-21-14)8-16-19-13-4-5-26-9-11(13)17(24)20-16/h2-3,6-7H,4-5,8-9H2,1H3,(H,19,20,24). The van der Waals surface area contributed by atoms with Crippen LogP contribution in [0.15, 0.2) is 29.2 Å². The Hall–Kier alpha value is -2.71. The molecule has 0 fully saturated rings. The number of nitrogens with zero attached hydrogens (tertiary/aromatic N) is 4. The van der Waals surface area contributed by atoms with E-state index in [-0.39, 0.29) is 5.56 Å². The second-order valence-corrected chi connectivity index (χ2v) is 6.30. The second-order valence-electron chi connectivity index (χ2n) is 5.89. The quantitative estimate of drug-likeness (QED) is 0.749. The molecule has 0 saturated heterocycles. The molecule has 0 bridgehead atoms. The number of methoxy groups -OCH3 is 1. The van der Waals surface area contributed by atoms with E-state index in [1.54, 1.807) is 30.1 Å². The lowest BCUT2D eigenvalue weighted by molar-refractivity contribution is 0.107. The van der Waals surface area contributed by atoms with Crippen molar-refractivity contribution in [3.05, 3.63) is 56.9 Å². The summed E-state index contributed by atoms with van der Waals surface area (Å²) in [4.78, 5) is 19.5. The Bertz CT molecular complexity index is 1010. The van der Waals surface area contributed by atoms with Crippen molar-refractivity contribution < 1.29 is 9.47 Å². The molecule has 0 spiro atoms. The summed E-state index contributed by atoms with van der Waals surface area (Å²) in [5, 5.41) is 8.77. The molecule has 0 radical (unpaired) electrons. The van der Waals surface area contributed by atoms with E-state index in [9.17, 15) is 4.79 Å². The topological polar surface area (TPSA) is 94.9 Å². The number of nitrogens with one attached hydrogen (secondary N) is 1. The molecule has 1 aliphatic heterocycles. The van der Waals surface area contributed by atoms with E-state index in [1.807, 2.05) is 6.07 Å². The number of aromatic amines is 1. The number of ether oxygens (including phenoxy) is 2. The van der Waals surface area contributed by atoms with Crippen LogP contribution in [0.2, 0.25) is 5.02 Å². The van der Waals surface area contributed by atoms with Crippen molar-refractivity contribution in [2.75, 3.05) is 13.7 Å². The lowest BCUT2D eigenvalue weighted by atomic mass is 10.1. The first kappa shape index (κ1) is 16.7. The fourth-order valence-electron chi connectivity index (χ4n) is 2.86. The SMILES string of the molecule is COc1ccc(-c2cn(Cc3nc4c(c(=O)[nH]3)COCC4)nn2)cc1Cl. The molecule has 1 aliphatic rings. The van der Waals surface area contributed by atoms with Crippen LogP contribution in [0, 0.1) is 0 Å². The van der Waals surface area contributed by atoms with Crippen LogP contribution in [0.3, 0.4) is 0 Å². The summed E-state index contributed by atoms with van der Waals surface area (Å²) in [7, 11) is 1.57. The first-order valence-electron chi connectivity index (χ1n) is 8.07. The smallest absolute Gasteiger partial charge is 0.256 e. The minimum atomic E-state index is -0.160. The summed E-state index contributed by atoms with van der Waals surface area (Å²) in [5.41, 5.74) is 2.73. The maximum Gasteiger partial charge on any atom is 0.256 e. The number of aromatic nitrogens is 5. The Morgan fingerprint density at radius 3 is 3.12 bits per heavy atom. The van der Waals surface area contributed by atoms with Crippen molar-refractivity contribution in [2.45, 2.75) is 19.6 Å². The zero-order valence-electron chi connectivity index (χ0n) is 14.0. The number of halogens is 1. The number of hydrogen-bond donors (Lipinski definition) is 1. The molecule has 4 rings (SSSR count). The summed E-state index contributed by atoms with van der Waals surface area (Å²) in [6.07, 6.45) is 2.42. The van der Waals surface area contributed by atoms with Gasteiger partial charge in [0, 0.05) is 12.0 Å². The fourth-order valence-corrected chi connectivity index (χ4v) is 3.11. The molecule has 2 aromatic heterocycles. The maximum absolute atomic E-state index is 12.2. The molecular formula is C17H16ClN5O3. The molecular weight excluding hydrogens is 358 g/mol. The Morgan fingerprint density at radius 1 is 1.42 bits per heavy atom. The van der Waals surface area contributed by atoms with Gasteiger partial charge in [-0.05, 0) is 18.2 Å². The summed E-state index contributed by atoms with van der Waals surface area (Å²) >= 11 is 6.16. The van der Waals surface area contributed by atoms with Gasteiger partial charge < -0.3 is 14.5 Å². The molecule has 0 unspecified atom stereocenters. The number of rotatable bonds is 4. The van der Waals surface area contributed by atoms with Crippen molar-refractivity contribution in [3.8, 4) is 17.0 Å². The van der Waals surface area contributed by atoms with Crippen LogP contribution < -0.4 is 10.3 Å². The molecule has 3 aromatic rings. The average Bonchev–Trinajstić information content (AvgIpc) is 3.10. The van der Waals surface area contributed by atoms with Gasteiger partial charge in [0.1, 0.15) is 23.8 Å². The third-order valence-electron chi connectivity index (χ3n) is 4.18. The highest BCUT2D eigenvalue weighted by Crippen LogP contribution is 2.29. The molecule has 0 aliphatic carbocycles. The van der Waals surface area contributed by atoms with Gasteiger partial charge in [0.05, 0.1) is 42.8 Å². The summed E-state index contributed by atoms with van der Waals surface area (Å²) in [5.74, 6) is 1.14. The predicted molar refractivity (Wildman–Crippen MR) is 94.3 cm³/mol. The van der Waals surface area contributed by atoms with Gasteiger partial charge in [0.15, 0.2) is 0 Å². The molecule has 1 N–H and O–H groups in total. The molecule has 0 atom stereocenters. The lowest BCUT2D eigenvalue weighted by Crippen LogP contribution is -2.26. The fraction of sp³-hybridized carbons (Fsp3) is 0.294. The van der Waals surface area contributed by atoms with E-state index < -0.39 is 0 Å². The van der Waals surface area contributed by atoms with Gasteiger partial charge in [0.2, 0.25) is 0 Å². The second kappa shape index (κ2) is 6.89. The number of fused-ring (bicyclic) bond motifs is 1. The zero-order chi connectivity index (χ0) is 18.1. The van der Waals surface area contributed by atoms with Gasteiger partial charge in [-0.1, -0.05) is 16.8 Å². The highest BCUT2D eigenvalue weighted by molar-refractivity contribution is 6.32. The van der Waals surface area contributed by atoms with Crippen LogP contribution in [0.5, 0.6) is 5.75 Å². The predicted octanol–water partition coefficient (Wildman–Crippen LogP) is 1.81. The van der Waals surface area contributed by atoms with Gasteiger partial charge in [0.25, 0.3) is 5.56 Å². The van der Waals surface area contributed by atoms with Crippen molar-refractivity contribution in [1.82, 2.24) is 25.0 Å². The van der Waals surface area contributed by atoms with E-state index in [0.29, 0.717) is 54.0 Å². The van der Waals surface area contributed by atoms with Crippen molar-refractivity contribution in [3.63, 3.8) is 0 Å². The van der Waals surface area contributed by atoms with Crippen LogP contribution in [-0.4, -0.2) is 38.7 Å². The van der Waals surface area contributed by atoms with Crippen molar-refractivity contribution in [1.29, 1.82) is 0 Å². The van der Waals surface area contributed by atoms with Crippen LogP contribution in [-0.2, 0) is 24.3 Å². The van der Waals surface area contributed by atoms with Gasteiger partial charge in [-0.3, -0.25) is 4.79 Å². The van der Waals surface area contributed by atoms with E-state index in [0.717, 1.165) is 11.3 Å². The number of hydrogen-bond acceptors (Lipinski definition) is 6. The maximum atomic E-state index is 12.2. The van der Waals surface area contributed by atoms with E-state index >= 15 is 0 Å². The van der Waals surface area contributed by atoms with Crippen LogP contribution in [0.4, 0.5) is 0 Å². The van der Waals surface area contributed by atoms with E-state index in [4.69, 9.17) is 21.1 Å². The third kappa shape index (κ3) is 3.21. The van der Waals surface area contributed by atoms with Crippen molar-refractivity contribution >= 4 is 11.6 Å². The molecule has 3 heterocycles. The number of benzene rings is 1. The molecule has 134 valence electrons. The number of H-pyrrole nitrogens is 1. The molecule has 0 amide bonds. The minimum absolute atomic E-state index is 0.160. The van der Waals surface area contributed by atoms with Gasteiger partial charge >= 0.3 is 0 Å². The van der Waals surface area contributed by atoms with Crippen LogP contribution in [0.1, 0.15) is 17.1 Å². The van der Waals surface area contributed by atoms with E-state index in [2.05, 4.69) is 20.3 Å². The monoisotopic (exact) mass is 373 g/mol. The third-order valence-corrected chi connectivity index (χ3v) is 4.47. The molecule has 8 nitrogen and oxygen atoms in total. The molecule has 0 saturated carbocycles. The minimum Gasteiger partial charge on any atom is -0.495 e. The Balaban J connectivity index is 1.58. The van der Waals surface area contributed by atoms with Gasteiger partial charge in [-0.15, -0.1) is 5.10 Å². The van der Waals surface area contributed by atoms with Crippen molar-refractivity contribution in [2.24, 2.45) is 0 Å². The first-order valence-corrected chi connectivity index (χ1v) is 8.44. The summed E-state index contributed by atoms with van der Waals surface area (Å²) in [6, 6.07) is 5.41. The Kier molecular flexibility index (Phi) is 4.44. The highest BCUT2D eigenvalue weighted by Gasteiger charge is 2.16. The molecule has 1 aromatic carbocycles. The molecule has 9 heteroatoms. The Labute approximate surface area is 153 Å². The lowest BCUT2D eigenvalue weighted by Gasteiger charge is -2.15. The van der Waals surface area contributed by atoms with Crippen LogP contribution >= 0.6 is 11.6 Å². The Morgan fingerprint density at radius 2 is 2.31 bits per heavy atom. The van der Waals surface area contributed by atoms with Gasteiger partial charge in [-0.2, -0.15) is 0 Å². The highest BCUT2D eigenvalue weighted by atomic mass is 35.5. The largest absolute Gasteiger partial charge is 0.495 e. The van der Waals surface area contributed by atoms with Gasteiger partial charge in [-0.25, -0.2) is 9.67 Å². The van der Waals surface area contributed by atoms with E-state index in [1.165, 1.54) is 0 Å². The first-order chi connectivity index (χ1) is 12.6.